The van der Waals surface area contributed by atoms with E-state index in [-0.39, 0.29) is 37.6 Å². The summed E-state index contributed by atoms with van der Waals surface area (Å²) >= 11 is 0. The molecule has 3 rings (SSSR count). The summed E-state index contributed by atoms with van der Waals surface area (Å²) in [5.41, 5.74) is 0.384. The van der Waals surface area contributed by atoms with Crippen LogP contribution in [0.15, 0.2) is 18.2 Å². The maximum atomic E-state index is 13.9. The highest BCUT2D eigenvalue weighted by molar-refractivity contribution is 6.04. The van der Waals surface area contributed by atoms with Crippen LogP contribution in [0, 0.1) is 5.82 Å². The first kappa shape index (κ1) is 13.7. The molecule has 7 heteroatoms. The van der Waals surface area contributed by atoms with Gasteiger partial charge in [-0.15, -0.1) is 0 Å². The zero-order valence-corrected chi connectivity index (χ0v) is 11.1. The molecule has 0 aliphatic carbocycles. The number of benzene rings is 1. The molecule has 1 atom stereocenters. The van der Waals surface area contributed by atoms with Crippen LogP contribution >= 0.6 is 0 Å². The first-order chi connectivity index (χ1) is 10.1. The molecule has 0 saturated carbocycles. The molecule has 1 saturated heterocycles. The van der Waals surface area contributed by atoms with Crippen molar-refractivity contribution in [3.63, 3.8) is 0 Å². The molecule has 0 spiro atoms. The van der Waals surface area contributed by atoms with Crippen molar-refractivity contribution in [3.05, 3.63) is 35.1 Å². The third-order valence-electron chi connectivity index (χ3n) is 3.65. The van der Waals surface area contributed by atoms with Crippen molar-refractivity contribution in [2.45, 2.75) is 25.5 Å². The molecule has 1 fully saturated rings. The first-order valence-electron chi connectivity index (χ1n) is 6.57. The van der Waals surface area contributed by atoms with Gasteiger partial charge >= 0.3 is 0 Å². The van der Waals surface area contributed by atoms with Crippen LogP contribution in [0.2, 0.25) is 0 Å². The fourth-order valence-corrected chi connectivity index (χ4v) is 2.60. The number of carbonyl (C=O) groups excluding carboxylic acids is 3. The summed E-state index contributed by atoms with van der Waals surface area (Å²) in [5.74, 6) is -2.15. The zero-order valence-electron chi connectivity index (χ0n) is 11.1. The molecule has 3 amide bonds. The van der Waals surface area contributed by atoms with Gasteiger partial charge < -0.3 is 9.64 Å². The molecule has 2 aliphatic heterocycles. The SMILES string of the molecule is O=C1CCC(N2COCc3cccc(F)c3C2=O)C(=O)N1. The number of ether oxygens (including phenoxy) is 1. The molecule has 0 aromatic heterocycles. The van der Waals surface area contributed by atoms with E-state index in [0.717, 1.165) is 0 Å². The molecule has 1 aromatic rings. The molecule has 0 bridgehead atoms. The zero-order chi connectivity index (χ0) is 15.0. The van der Waals surface area contributed by atoms with E-state index in [1.807, 2.05) is 0 Å². The average Bonchev–Trinajstić information content (AvgIpc) is 2.60. The Morgan fingerprint density at radius 1 is 1.29 bits per heavy atom. The topological polar surface area (TPSA) is 75.7 Å². The van der Waals surface area contributed by atoms with Crippen LogP contribution in [0.3, 0.4) is 0 Å². The molecule has 21 heavy (non-hydrogen) atoms. The number of nitrogens with zero attached hydrogens (tertiary/aromatic N) is 1. The number of imide groups is 1. The van der Waals surface area contributed by atoms with Gasteiger partial charge in [-0.2, -0.15) is 0 Å². The van der Waals surface area contributed by atoms with Gasteiger partial charge in [-0.1, -0.05) is 12.1 Å². The lowest BCUT2D eigenvalue weighted by molar-refractivity contribution is -0.138. The molecule has 2 aliphatic rings. The fraction of sp³-hybridized carbons (Fsp3) is 0.357. The van der Waals surface area contributed by atoms with Crippen molar-refractivity contribution in [2.24, 2.45) is 0 Å². The van der Waals surface area contributed by atoms with Crippen LogP contribution in [0.1, 0.15) is 28.8 Å². The summed E-state index contributed by atoms with van der Waals surface area (Å²) in [4.78, 5) is 36.8. The van der Waals surface area contributed by atoms with E-state index in [1.54, 1.807) is 6.07 Å². The van der Waals surface area contributed by atoms with E-state index >= 15 is 0 Å². The minimum Gasteiger partial charge on any atom is -0.356 e. The van der Waals surface area contributed by atoms with Crippen molar-refractivity contribution in [1.82, 2.24) is 10.2 Å². The molecule has 1 unspecified atom stereocenters. The number of hydrogen-bond donors (Lipinski definition) is 1. The Bertz CT molecular complexity index is 631. The number of fused-ring (bicyclic) bond motifs is 1. The highest BCUT2D eigenvalue weighted by Crippen LogP contribution is 2.24. The predicted molar refractivity (Wildman–Crippen MR) is 68.4 cm³/mol. The normalized spacial score (nSPS) is 22.6. The highest BCUT2D eigenvalue weighted by atomic mass is 19.1. The fourth-order valence-electron chi connectivity index (χ4n) is 2.60. The predicted octanol–water partition coefficient (Wildman–Crippen LogP) is 0.561. The monoisotopic (exact) mass is 292 g/mol. The van der Waals surface area contributed by atoms with Gasteiger partial charge in [0.15, 0.2) is 0 Å². The molecule has 110 valence electrons. The van der Waals surface area contributed by atoms with Crippen LogP contribution in [0.5, 0.6) is 0 Å². The maximum absolute atomic E-state index is 13.9. The second-order valence-electron chi connectivity index (χ2n) is 4.99. The van der Waals surface area contributed by atoms with Crippen LogP contribution < -0.4 is 5.32 Å². The van der Waals surface area contributed by atoms with Gasteiger partial charge in [-0.05, 0) is 18.1 Å². The number of carbonyl (C=O) groups is 3. The van der Waals surface area contributed by atoms with Crippen LogP contribution in [0.25, 0.3) is 0 Å². The lowest BCUT2D eigenvalue weighted by atomic mass is 10.0. The van der Waals surface area contributed by atoms with Gasteiger partial charge in [0.2, 0.25) is 11.8 Å². The third kappa shape index (κ3) is 2.40. The summed E-state index contributed by atoms with van der Waals surface area (Å²) in [6.45, 7) is -0.0121. The number of hydrogen-bond acceptors (Lipinski definition) is 4. The summed E-state index contributed by atoms with van der Waals surface area (Å²) in [6.07, 6.45) is 0.355. The summed E-state index contributed by atoms with van der Waals surface area (Å²) < 4.78 is 19.3. The van der Waals surface area contributed by atoms with Gasteiger partial charge in [-0.25, -0.2) is 4.39 Å². The Balaban J connectivity index is 1.94. The summed E-state index contributed by atoms with van der Waals surface area (Å²) in [7, 11) is 0. The number of nitrogens with one attached hydrogen (secondary N) is 1. The molecule has 0 radical (unpaired) electrons. The van der Waals surface area contributed by atoms with E-state index < -0.39 is 23.7 Å². The Kier molecular flexibility index (Phi) is 3.42. The van der Waals surface area contributed by atoms with E-state index in [9.17, 15) is 18.8 Å². The molecule has 1 aromatic carbocycles. The van der Waals surface area contributed by atoms with Crippen LogP contribution in [0.4, 0.5) is 4.39 Å². The number of amides is 3. The Morgan fingerprint density at radius 3 is 2.86 bits per heavy atom. The highest BCUT2D eigenvalue weighted by Gasteiger charge is 2.37. The Morgan fingerprint density at radius 2 is 2.10 bits per heavy atom. The average molecular weight is 292 g/mol. The lowest BCUT2D eigenvalue weighted by Crippen LogP contribution is -2.54. The van der Waals surface area contributed by atoms with Gasteiger partial charge in [0.1, 0.15) is 18.6 Å². The largest absolute Gasteiger partial charge is 0.356 e. The van der Waals surface area contributed by atoms with Gasteiger partial charge in [-0.3, -0.25) is 19.7 Å². The second-order valence-corrected chi connectivity index (χ2v) is 4.99. The quantitative estimate of drug-likeness (QED) is 0.767. The van der Waals surface area contributed by atoms with Crippen molar-refractivity contribution in [1.29, 1.82) is 0 Å². The smallest absolute Gasteiger partial charge is 0.259 e. The number of rotatable bonds is 1. The Hall–Kier alpha value is -2.28. The minimum atomic E-state index is -0.819. The third-order valence-corrected chi connectivity index (χ3v) is 3.65. The van der Waals surface area contributed by atoms with E-state index in [0.29, 0.717) is 5.56 Å². The Labute approximate surface area is 119 Å². The minimum absolute atomic E-state index is 0.0697. The van der Waals surface area contributed by atoms with Crippen LogP contribution in [-0.4, -0.2) is 35.4 Å². The second kappa shape index (κ2) is 5.25. The van der Waals surface area contributed by atoms with Gasteiger partial charge in [0, 0.05) is 6.42 Å². The van der Waals surface area contributed by atoms with Crippen molar-refractivity contribution in [3.8, 4) is 0 Å². The number of piperidine rings is 1. The molecule has 2 heterocycles. The molecular weight excluding hydrogens is 279 g/mol. The molecule has 1 N–H and O–H groups in total. The van der Waals surface area contributed by atoms with E-state index in [1.165, 1.54) is 17.0 Å². The van der Waals surface area contributed by atoms with Crippen molar-refractivity contribution >= 4 is 17.7 Å². The van der Waals surface area contributed by atoms with Gasteiger partial charge in [0.05, 0.1) is 12.2 Å². The van der Waals surface area contributed by atoms with E-state index in [2.05, 4.69) is 5.32 Å². The summed E-state index contributed by atoms with van der Waals surface area (Å²) in [5, 5.41) is 2.19. The standard InChI is InChI=1S/C14H13FN2O4/c15-9-3-1-2-8-6-21-7-17(14(20)12(8)9)10-4-5-11(18)16-13(10)19/h1-3,10H,4-7H2,(H,16,18,19). The van der Waals surface area contributed by atoms with Crippen molar-refractivity contribution < 1.29 is 23.5 Å². The number of halogens is 1. The van der Waals surface area contributed by atoms with Crippen molar-refractivity contribution in [2.75, 3.05) is 6.73 Å². The molecule has 6 nitrogen and oxygen atoms in total. The maximum Gasteiger partial charge on any atom is 0.259 e. The summed E-state index contributed by atoms with van der Waals surface area (Å²) in [6, 6.07) is 3.50. The molecular formula is C14H13FN2O4. The van der Waals surface area contributed by atoms with Gasteiger partial charge in [0.25, 0.3) is 5.91 Å². The lowest BCUT2D eigenvalue weighted by Gasteiger charge is -2.31. The first-order valence-corrected chi connectivity index (χ1v) is 6.57. The van der Waals surface area contributed by atoms with E-state index in [4.69, 9.17) is 4.74 Å². The van der Waals surface area contributed by atoms with Crippen LogP contribution in [-0.2, 0) is 20.9 Å².